The molecule has 114 valence electrons. The summed E-state index contributed by atoms with van der Waals surface area (Å²) in [4.78, 5) is 0.105. The van der Waals surface area contributed by atoms with Gasteiger partial charge in [0, 0.05) is 19.8 Å². The number of nitrogens with two attached hydrogens (primary N) is 1. The van der Waals surface area contributed by atoms with Crippen molar-refractivity contribution in [3.63, 3.8) is 0 Å². The molecule has 0 spiro atoms. The van der Waals surface area contributed by atoms with Gasteiger partial charge in [0.2, 0.25) is 0 Å². The van der Waals surface area contributed by atoms with Crippen molar-refractivity contribution < 1.29 is 22.6 Å². The minimum atomic E-state index is -3.43. The zero-order valence-corrected chi connectivity index (χ0v) is 12.6. The van der Waals surface area contributed by atoms with E-state index >= 15 is 0 Å². The maximum atomic E-state index is 12.2. The molecule has 2 N–H and O–H groups in total. The number of methoxy groups -OCH3 is 2. The van der Waals surface area contributed by atoms with Crippen molar-refractivity contribution in [1.29, 1.82) is 0 Å². The average Bonchev–Trinajstić information content (AvgIpc) is 2.43. The van der Waals surface area contributed by atoms with Crippen molar-refractivity contribution in [2.75, 3.05) is 45.5 Å². The fourth-order valence-corrected chi connectivity index (χ4v) is 3.06. The van der Waals surface area contributed by atoms with Crippen LogP contribution in [0.2, 0.25) is 0 Å². The molecule has 7 heteroatoms. The number of sulfone groups is 1. The Morgan fingerprint density at radius 1 is 1.15 bits per heavy atom. The number of hydrogen-bond donors (Lipinski definition) is 1. The lowest BCUT2D eigenvalue weighted by molar-refractivity contribution is 0.0712. The van der Waals surface area contributed by atoms with Crippen LogP contribution in [0.1, 0.15) is 6.42 Å². The van der Waals surface area contributed by atoms with E-state index in [9.17, 15) is 8.42 Å². The lowest BCUT2D eigenvalue weighted by Crippen LogP contribution is -2.12. The minimum absolute atomic E-state index is 0.0165. The predicted octanol–water partition coefficient (Wildman–Crippen LogP) is 1.10. The monoisotopic (exact) mass is 303 g/mol. The number of ether oxygens (including phenoxy) is 3. The maximum absolute atomic E-state index is 12.2. The van der Waals surface area contributed by atoms with E-state index in [1.807, 2.05) is 0 Å². The molecule has 1 rings (SSSR count). The molecule has 0 amide bonds. The summed E-state index contributed by atoms with van der Waals surface area (Å²) in [5, 5.41) is 0. The van der Waals surface area contributed by atoms with Crippen LogP contribution in [0.15, 0.2) is 23.1 Å². The Balaban J connectivity index is 2.60. The van der Waals surface area contributed by atoms with Crippen LogP contribution in [0.25, 0.3) is 0 Å². The van der Waals surface area contributed by atoms with Crippen LogP contribution < -0.4 is 10.5 Å². The first-order valence-electron chi connectivity index (χ1n) is 6.24. The van der Waals surface area contributed by atoms with Gasteiger partial charge in [-0.3, -0.25) is 0 Å². The lowest BCUT2D eigenvalue weighted by atomic mass is 10.3. The normalized spacial score (nSPS) is 11.5. The largest absolute Gasteiger partial charge is 0.497 e. The van der Waals surface area contributed by atoms with Crippen LogP contribution in [-0.2, 0) is 19.3 Å². The quantitative estimate of drug-likeness (QED) is 0.543. The van der Waals surface area contributed by atoms with Crippen molar-refractivity contribution in [1.82, 2.24) is 0 Å². The van der Waals surface area contributed by atoms with Crippen molar-refractivity contribution in [2.45, 2.75) is 11.3 Å². The topological polar surface area (TPSA) is 87.8 Å². The molecule has 0 aromatic heterocycles. The van der Waals surface area contributed by atoms with Gasteiger partial charge in [-0.25, -0.2) is 8.42 Å². The molecular weight excluding hydrogens is 282 g/mol. The fourth-order valence-electron chi connectivity index (χ4n) is 1.62. The molecular formula is C13H21NO5S. The van der Waals surface area contributed by atoms with Gasteiger partial charge in [-0.1, -0.05) is 0 Å². The van der Waals surface area contributed by atoms with Crippen LogP contribution >= 0.6 is 0 Å². The number of hydrogen-bond acceptors (Lipinski definition) is 6. The first-order valence-corrected chi connectivity index (χ1v) is 7.89. The number of benzene rings is 1. The molecule has 0 aliphatic carbocycles. The molecule has 0 atom stereocenters. The van der Waals surface area contributed by atoms with E-state index in [1.165, 1.54) is 19.2 Å². The van der Waals surface area contributed by atoms with Gasteiger partial charge < -0.3 is 19.9 Å². The molecule has 1 aromatic rings. The molecule has 20 heavy (non-hydrogen) atoms. The SMILES string of the molecule is COCCOCCCS(=O)(=O)c1cc(OC)ccc1N. The molecule has 0 unspecified atom stereocenters. The van der Waals surface area contributed by atoms with E-state index in [0.29, 0.717) is 32.0 Å². The Morgan fingerprint density at radius 3 is 2.55 bits per heavy atom. The molecule has 0 aliphatic heterocycles. The minimum Gasteiger partial charge on any atom is -0.497 e. The highest BCUT2D eigenvalue weighted by Crippen LogP contribution is 2.25. The summed E-state index contributed by atoms with van der Waals surface area (Å²) in [6.07, 6.45) is 0.405. The molecule has 1 aromatic carbocycles. The summed E-state index contributed by atoms with van der Waals surface area (Å²) in [5.74, 6) is 0.450. The van der Waals surface area contributed by atoms with Crippen molar-refractivity contribution in [3.05, 3.63) is 18.2 Å². The Labute approximate surface area is 119 Å². The molecule has 0 bridgehead atoms. The smallest absolute Gasteiger partial charge is 0.180 e. The van der Waals surface area contributed by atoms with Gasteiger partial charge in [0.05, 0.1) is 36.7 Å². The molecule has 0 fully saturated rings. The second-order valence-electron chi connectivity index (χ2n) is 4.18. The second-order valence-corrected chi connectivity index (χ2v) is 6.26. The zero-order chi connectivity index (χ0) is 15.0. The summed E-state index contributed by atoms with van der Waals surface area (Å²) in [6, 6.07) is 4.60. The predicted molar refractivity (Wildman–Crippen MR) is 76.8 cm³/mol. The number of anilines is 1. The van der Waals surface area contributed by atoms with Gasteiger partial charge in [-0.15, -0.1) is 0 Å². The van der Waals surface area contributed by atoms with Crippen LogP contribution in [0, 0.1) is 0 Å². The van der Waals surface area contributed by atoms with Crippen molar-refractivity contribution in [2.24, 2.45) is 0 Å². The summed E-state index contributed by atoms with van der Waals surface area (Å²) < 4.78 is 39.5. The zero-order valence-electron chi connectivity index (χ0n) is 11.8. The molecule has 6 nitrogen and oxygen atoms in total. The summed E-state index contributed by atoms with van der Waals surface area (Å²) in [6.45, 7) is 1.32. The summed E-state index contributed by atoms with van der Waals surface area (Å²) in [5.41, 5.74) is 5.95. The Morgan fingerprint density at radius 2 is 1.90 bits per heavy atom. The van der Waals surface area contributed by atoms with Crippen molar-refractivity contribution in [3.8, 4) is 5.75 Å². The number of nitrogen functional groups attached to an aromatic ring is 1. The van der Waals surface area contributed by atoms with E-state index in [2.05, 4.69) is 0 Å². The Bertz CT molecular complexity index is 515. The van der Waals surface area contributed by atoms with Crippen molar-refractivity contribution >= 4 is 15.5 Å². The van der Waals surface area contributed by atoms with E-state index in [-0.39, 0.29) is 16.3 Å². The highest BCUT2D eigenvalue weighted by atomic mass is 32.2. The Hall–Kier alpha value is -1.31. The second kappa shape index (κ2) is 8.08. The third-order valence-corrected chi connectivity index (χ3v) is 4.54. The van der Waals surface area contributed by atoms with E-state index in [1.54, 1.807) is 13.2 Å². The Kier molecular flexibility index (Phi) is 6.77. The van der Waals surface area contributed by atoms with Gasteiger partial charge in [0.25, 0.3) is 0 Å². The van der Waals surface area contributed by atoms with E-state index in [4.69, 9.17) is 19.9 Å². The van der Waals surface area contributed by atoms with Crippen LogP contribution in [0.5, 0.6) is 5.75 Å². The highest BCUT2D eigenvalue weighted by Gasteiger charge is 2.18. The van der Waals surface area contributed by atoms with Gasteiger partial charge in [-0.2, -0.15) is 0 Å². The van der Waals surface area contributed by atoms with Gasteiger partial charge >= 0.3 is 0 Å². The first-order chi connectivity index (χ1) is 9.51. The van der Waals surface area contributed by atoms with Crippen LogP contribution in [0.3, 0.4) is 0 Å². The van der Waals surface area contributed by atoms with E-state index in [0.717, 1.165) is 0 Å². The number of rotatable bonds is 9. The maximum Gasteiger partial charge on any atom is 0.180 e. The first kappa shape index (κ1) is 16.7. The summed E-state index contributed by atoms with van der Waals surface area (Å²) in [7, 11) is -0.372. The molecule has 0 aliphatic rings. The summed E-state index contributed by atoms with van der Waals surface area (Å²) >= 11 is 0. The fraction of sp³-hybridized carbons (Fsp3) is 0.538. The van der Waals surface area contributed by atoms with Gasteiger partial charge in [-0.05, 0) is 18.6 Å². The third kappa shape index (κ3) is 4.99. The average molecular weight is 303 g/mol. The third-order valence-electron chi connectivity index (χ3n) is 2.69. The standard InChI is InChI=1S/C13H21NO5S/c1-17-7-8-19-6-3-9-20(15,16)13-10-11(18-2)4-5-12(13)14/h4-5,10H,3,6-9,14H2,1-2H3. The highest BCUT2D eigenvalue weighted by molar-refractivity contribution is 7.91. The van der Waals surface area contributed by atoms with Crippen LogP contribution in [0.4, 0.5) is 5.69 Å². The van der Waals surface area contributed by atoms with Gasteiger partial charge in [0.15, 0.2) is 9.84 Å². The lowest BCUT2D eigenvalue weighted by Gasteiger charge is -2.09. The van der Waals surface area contributed by atoms with Crippen LogP contribution in [-0.4, -0.2) is 48.2 Å². The molecule has 0 radical (unpaired) electrons. The molecule has 0 saturated heterocycles. The van der Waals surface area contributed by atoms with E-state index < -0.39 is 9.84 Å². The molecule has 0 heterocycles. The van der Waals surface area contributed by atoms with Gasteiger partial charge in [0.1, 0.15) is 5.75 Å². The molecule has 0 saturated carbocycles.